The van der Waals surface area contributed by atoms with Crippen LogP contribution < -0.4 is 5.32 Å². The van der Waals surface area contributed by atoms with Crippen molar-refractivity contribution >= 4 is 25.8 Å². The standard InChI is InChI=1S/C15H22BrNO2S/c1-2-17-14(11-12-6-8-13(16)9-7-12)15-5-3-4-10-20(15,18)19/h6-9,14-15,17H,2-5,10-11H2,1H3. The van der Waals surface area contributed by atoms with Crippen molar-refractivity contribution in [3.63, 3.8) is 0 Å². The molecular formula is C15H22BrNO2S. The van der Waals surface area contributed by atoms with Crippen LogP contribution in [-0.2, 0) is 16.3 Å². The fourth-order valence-corrected chi connectivity index (χ4v) is 5.30. The van der Waals surface area contributed by atoms with E-state index in [9.17, 15) is 8.42 Å². The predicted octanol–water partition coefficient (Wildman–Crippen LogP) is 2.94. The van der Waals surface area contributed by atoms with Crippen LogP contribution in [0.4, 0.5) is 0 Å². The number of benzene rings is 1. The summed E-state index contributed by atoms with van der Waals surface area (Å²) in [5, 5.41) is 3.14. The Bertz CT molecular complexity index is 527. The Labute approximate surface area is 130 Å². The summed E-state index contributed by atoms with van der Waals surface area (Å²) in [6.45, 7) is 2.83. The van der Waals surface area contributed by atoms with Crippen LogP contribution in [0.2, 0.25) is 0 Å². The number of sulfone groups is 1. The minimum absolute atomic E-state index is 0.0199. The minimum Gasteiger partial charge on any atom is -0.313 e. The fourth-order valence-electron chi connectivity index (χ4n) is 2.90. The first-order chi connectivity index (χ1) is 9.53. The molecule has 20 heavy (non-hydrogen) atoms. The molecule has 1 N–H and O–H groups in total. The molecule has 0 spiro atoms. The third-order valence-corrected chi connectivity index (χ3v) is 6.79. The average molecular weight is 360 g/mol. The average Bonchev–Trinajstić information content (AvgIpc) is 2.40. The summed E-state index contributed by atoms with van der Waals surface area (Å²) in [6, 6.07) is 8.15. The summed E-state index contributed by atoms with van der Waals surface area (Å²) in [4.78, 5) is 0. The molecule has 0 amide bonds. The quantitative estimate of drug-likeness (QED) is 0.878. The van der Waals surface area contributed by atoms with E-state index in [0.29, 0.717) is 5.75 Å². The van der Waals surface area contributed by atoms with Gasteiger partial charge in [0, 0.05) is 10.5 Å². The molecule has 0 aromatic heterocycles. The molecule has 1 aromatic carbocycles. The Kier molecular flexibility index (Phi) is 5.64. The van der Waals surface area contributed by atoms with Crippen LogP contribution >= 0.6 is 15.9 Å². The van der Waals surface area contributed by atoms with Gasteiger partial charge in [-0.05, 0) is 43.5 Å². The normalized spacial score (nSPS) is 23.4. The van der Waals surface area contributed by atoms with Crippen LogP contribution in [0, 0.1) is 0 Å². The van der Waals surface area contributed by atoms with Gasteiger partial charge in [-0.25, -0.2) is 8.42 Å². The smallest absolute Gasteiger partial charge is 0.154 e. The van der Waals surface area contributed by atoms with E-state index in [4.69, 9.17) is 0 Å². The first kappa shape index (κ1) is 16.0. The first-order valence-electron chi connectivity index (χ1n) is 7.22. The topological polar surface area (TPSA) is 46.2 Å². The van der Waals surface area contributed by atoms with E-state index in [0.717, 1.165) is 36.7 Å². The zero-order chi connectivity index (χ0) is 14.6. The maximum atomic E-state index is 12.3. The molecule has 2 atom stereocenters. The second-order valence-electron chi connectivity index (χ2n) is 5.40. The molecule has 1 aromatic rings. The van der Waals surface area contributed by atoms with E-state index < -0.39 is 9.84 Å². The zero-order valence-corrected chi connectivity index (χ0v) is 14.2. The lowest BCUT2D eigenvalue weighted by molar-refractivity contribution is 0.441. The van der Waals surface area contributed by atoms with Gasteiger partial charge in [-0.2, -0.15) is 0 Å². The Balaban J connectivity index is 2.15. The summed E-state index contributed by atoms with van der Waals surface area (Å²) in [5.41, 5.74) is 1.18. The molecule has 2 unspecified atom stereocenters. The maximum absolute atomic E-state index is 12.3. The van der Waals surface area contributed by atoms with Crippen LogP contribution in [0.15, 0.2) is 28.7 Å². The Morgan fingerprint density at radius 1 is 1.30 bits per heavy atom. The monoisotopic (exact) mass is 359 g/mol. The molecule has 1 saturated heterocycles. The number of rotatable bonds is 5. The molecule has 0 radical (unpaired) electrons. The van der Waals surface area contributed by atoms with Gasteiger partial charge in [0.1, 0.15) is 0 Å². The van der Waals surface area contributed by atoms with Gasteiger partial charge in [-0.1, -0.05) is 41.4 Å². The van der Waals surface area contributed by atoms with E-state index in [1.54, 1.807) is 0 Å². The van der Waals surface area contributed by atoms with Crippen LogP contribution in [0.5, 0.6) is 0 Å². The molecule has 3 nitrogen and oxygen atoms in total. The molecule has 0 bridgehead atoms. The number of likely N-dealkylation sites (N-methyl/N-ethyl adjacent to an activating group) is 1. The van der Waals surface area contributed by atoms with Crippen molar-refractivity contribution in [1.82, 2.24) is 5.32 Å². The predicted molar refractivity (Wildman–Crippen MR) is 86.7 cm³/mol. The summed E-state index contributed by atoms with van der Waals surface area (Å²) >= 11 is 3.43. The number of hydrogen-bond acceptors (Lipinski definition) is 3. The second kappa shape index (κ2) is 7.05. The van der Waals surface area contributed by atoms with Crippen LogP contribution in [0.25, 0.3) is 0 Å². The third kappa shape index (κ3) is 4.06. The molecule has 0 aliphatic carbocycles. The van der Waals surface area contributed by atoms with E-state index in [1.807, 2.05) is 19.1 Å². The van der Waals surface area contributed by atoms with E-state index >= 15 is 0 Å². The Morgan fingerprint density at radius 3 is 2.60 bits per heavy atom. The Morgan fingerprint density at radius 2 is 2.00 bits per heavy atom. The molecule has 1 aliphatic heterocycles. The SMILES string of the molecule is CCNC(Cc1ccc(Br)cc1)C1CCCCS1(=O)=O. The number of halogens is 1. The highest BCUT2D eigenvalue weighted by atomic mass is 79.9. The van der Waals surface area contributed by atoms with Crippen LogP contribution in [0.1, 0.15) is 31.7 Å². The maximum Gasteiger partial charge on any atom is 0.154 e. The van der Waals surface area contributed by atoms with Crippen molar-refractivity contribution < 1.29 is 8.42 Å². The molecule has 1 heterocycles. The molecule has 0 saturated carbocycles. The molecular weight excluding hydrogens is 338 g/mol. The number of nitrogens with one attached hydrogen (secondary N) is 1. The minimum atomic E-state index is -2.94. The van der Waals surface area contributed by atoms with Crippen molar-refractivity contribution in [1.29, 1.82) is 0 Å². The van der Waals surface area contributed by atoms with Gasteiger partial charge < -0.3 is 5.32 Å². The lowest BCUT2D eigenvalue weighted by Gasteiger charge is -2.30. The van der Waals surface area contributed by atoms with Crippen molar-refractivity contribution in [2.24, 2.45) is 0 Å². The summed E-state index contributed by atoms with van der Waals surface area (Å²) < 4.78 is 25.6. The van der Waals surface area contributed by atoms with Crippen molar-refractivity contribution in [2.45, 2.75) is 43.9 Å². The highest BCUT2D eigenvalue weighted by molar-refractivity contribution is 9.10. The lowest BCUT2D eigenvalue weighted by atomic mass is 9.99. The number of hydrogen-bond donors (Lipinski definition) is 1. The highest BCUT2D eigenvalue weighted by Crippen LogP contribution is 2.24. The molecule has 1 fully saturated rings. The zero-order valence-electron chi connectivity index (χ0n) is 11.8. The van der Waals surface area contributed by atoms with Gasteiger partial charge in [-0.15, -0.1) is 0 Å². The first-order valence-corrected chi connectivity index (χ1v) is 9.73. The van der Waals surface area contributed by atoms with E-state index in [1.165, 1.54) is 5.56 Å². The highest BCUT2D eigenvalue weighted by Gasteiger charge is 2.35. The van der Waals surface area contributed by atoms with Gasteiger partial charge in [-0.3, -0.25) is 0 Å². The molecule has 5 heteroatoms. The van der Waals surface area contributed by atoms with Gasteiger partial charge in [0.05, 0.1) is 11.0 Å². The van der Waals surface area contributed by atoms with Gasteiger partial charge in [0.15, 0.2) is 9.84 Å². The van der Waals surface area contributed by atoms with Crippen molar-refractivity contribution in [2.75, 3.05) is 12.3 Å². The van der Waals surface area contributed by atoms with Crippen LogP contribution in [0.3, 0.4) is 0 Å². The van der Waals surface area contributed by atoms with Gasteiger partial charge >= 0.3 is 0 Å². The van der Waals surface area contributed by atoms with E-state index in [2.05, 4.69) is 33.4 Å². The van der Waals surface area contributed by atoms with Crippen molar-refractivity contribution in [3.05, 3.63) is 34.3 Å². The fraction of sp³-hybridized carbons (Fsp3) is 0.600. The van der Waals surface area contributed by atoms with Gasteiger partial charge in [0.2, 0.25) is 0 Å². The molecule has 1 aliphatic rings. The summed E-state index contributed by atoms with van der Waals surface area (Å²) in [6.07, 6.45) is 3.39. The molecule has 2 rings (SSSR count). The van der Waals surface area contributed by atoms with Crippen molar-refractivity contribution in [3.8, 4) is 0 Å². The van der Waals surface area contributed by atoms with E-state index in [-0.39, 0.29) is 11.3 Å². The van der Waals surface area contributed by atoms with Gasteiger partial charge in [0.25, 0.3) is 0 Å². The lowest BCUT2D eigenvalue weighted by Crippen LogP contribution is -2.47. The third-order valence-electron chi connectivity index (χ3n) is 3.91. The molecule has 112 valence electrons. The largest absolute Gasteiger partial charge is 0.313 e. The Hall–Kier alpha value is -0.390. The summed E-state index contributed by atoms with van der Waals surface area (Å²) in [7, 11) is -2.94. The second-order valence-corrected chi connectivity index (χ2v) is 8.65. The summed E-state index contributed by atoms with van der Waals surface area (Å²) in [5.74, 6) is 0.347. The van der Waals surface area contributed by atoms with Crippen LogP contribution in [-0.4, -0.2) is 32.0 Å².